The Balaban J connectivity index is 1.54. The molecule has 1 amide bonds. The number of carbonyl (C=O) groups excluding carboxylic acids is 1. The van der Waals surface area contributed by atoms with Gasteiger partial charge in [0.05, 0.1) is 7.85 Å². The predicted octanol–water partition coefficient (Wildman–Crippen LogP) is 5.49. The first-order chi connectivity index (χ1) is 14.4. The number of halogens is 3. The minimum Gasteiger partial charge on any atom is -0.488 e. The summed E-state index contributed by atoms with van der Waals surface area (Å²) in [7, 11) is 5.44. The van der Waals surface area contributed by atoms with Crippen LogP contribution in [0.2, 0.25) is 6.32 Å². The fraction of sp³-hybridized carbons (Fsp3) is 0.227. The van der Waals surface area contributed by atoms with Gasteiger partial charge in [0.2, 0.25) is 5.91 Å². The average Bonchev–Trinajstić information content (AvgIpc) is 3.36. The van der Waals surface area contributed by atoms with Crippen molar-refractivity contribution in [3.63, 3.8) is 0 Å². The number of amides is 1. The van der Waals surface area contributed by atoms with Crippen LogP contribution in [0, 0.1) is 0 Å². The lowest BCUT2D eigenvalue weighted by molar-refractivity contribution is -0.133. The topological polar surface area (TPSA) is 29.5 Å². The summed E-state index contributed by atoms with van der Waals surface area (Å²) < 4.78 is 46.3. The van der Waals surface area contributed by atoms with E-state index < -0.39 is 11.1 Å². The van der Waals surface area contributed by atoms with Gasteiger partial charge in [-0.2, -0.15) is 13.2 Å². The first-order valence-corrected chi connectivity index (χ1v) is 10.2. The third-order valence-corrected chi connectivity index (χ3v) is 6.08. The summed E-state index contributed by atoms with van der Waals surface area (Å²) in [5.74, 6) is 0.410. The summed E-state index contributed by atoms with van der Waals surface area (Å²) in [6.07, 6.45) is -3.80. The molecule has 0 spiro atoms. The first kappa shape index (κ1) is 20.5. The number of thiophene rings is 1. The summed E-state index contributed by atoms with van der Waals surface area (Å²) in [6.45, 7) is 0.597. The maximum absolute atomic E-state index is 13.5. The van der Waals surface area contributed by atoms with Crippen LogP contribution in [0.3, 0.4) is 0 Å². The van der Waals surface area contributed by atoms with Crippen molar-refractivity contribution in [1.82, 2.24) is 0 Å². The van der Waals surface area contributed by atoms with Crippen molar-refractivity contribution in [3.8, 4) is 16.9 Å². The molecule has 0 bridgehead atoms. The summed E-state index contributed by atoms with van der Waals surface area (Å²) >= 11 is 0.696. The van der Waals surface area contributed by atoms with Crippen molar-refractivity contribution in [2.24, 2.45) is 0 Å². The fourth-order valence-corrected chi connectivity index (χ4v) is 4.51. The molecule has 0 unspecified atom stereocenters. The van der Waals surface area contributed by atoms with Crippen LogP contribution in [0.25, 0.3) is 11.1 Å². The van der Waals surface area contributed by atoms with Crippen molar-refractivity contribution in [3.05, 3.63) is 69.9 Å². The molecular formula is C22H17BF3NO2S. The molecule has 0 atom stereocenters. The number of hydrogen-bond acceptors (Lipinski definition) is 3. The summed E-state index contributed by atoms with van der Waals surface area (Å²) in [4.78, 5) is 13.4. The molecule has 0 saturated heterocycles. The minimum absolute atomic E-state index is 0.0326. The van der Waals surface area contributed by atoms with Gasteiger partial charge >= 0.3 is 6.18 Å². The van der Waals surface area contributed by atoms with Crippen LogP contribution < -0.4 is 9.64 Å². The first-order valence-electron chi connectivity index (χ1n) is 9.38. The zero-order chi connectivity index (χ0) is 21.3. The third-order valence-electron chi connectivity index (χ3n) is 4.93. The highest BCUT2D eigenvalue weighted by atomic mass is 32.1. The molecule has 0 fully saturated rings. The normalized spacial score (nSPS) is 13.4. The number of anilines is 1. The largest absolute Gasteiger partial charge is 0.488 e. The van der Waals surface area contributed by atoms with Crippen molar-refractivity contribution >= 4 is 30.8 Å². The zero-order valence-electron chi connectivity index (χ0n) is 15.9. The fourth-order valence-electron chi connectivity index (χ4n) is 3.55. The lowest BCUT2D eigenvalue weighted by Gasteiger charge is -2.16. The van der Waals surface area contributed by atoms with Gasteiger partial charge in [0.15, 0.2) is 0 Å². The van der Waals surface area contributed by atoms with Gasteiger partial charge in [0.1, 0.15) is 17.2 Å². The van der Waals surface area contributed by atoms with E-state index in [0.717, 1.165) is 11.3 Å². The van der Waals surface area contributed by atoms with Crippen LogP contribution in [0.15, 0.2) is 54.6 Å². The number of fused-ring (bicyclic) bond motifs is 1. The lowest BCUT2D eigenvalue weighted by atomic mass is 10.0. The molecule has 2 heterocycles. The van der Waals surface area contributed by atoms with Gasteiger partial charge in [-0.1, -0.05) is 30.3 Å². The van der Waals surface area contributed by atoms with Crippen molar-refractivity contribution in [2.45, 2.75) is 25.5 Å². The van der Waals surface area contributed by atoms with Gasteiger partial charge in [0, 0.05) is 22.7 Å². The molecule has 1 aromatic heterocycles. The minimum atomic E-state index is -4.43. The molecule has 0 aliphatic carbocycles. The molecule has 3 nitrogen and oxygen atoms in total. The molecule has 4 rings (SSSR count). The Hall–Kier alpha value is -2.74. The highest BCUT2D eigenvalue weighted by Gasteiger charge is 2.36. The Morgan fingerprint density at radius 3 is 2.60 bits per heavy atom. The van der Waals surface area contributed by atoms with E-state index in [1.807, 2.05) is 6.07 Å². The van der Waals surface area contributed by atoms with Gasteiger partial charge in [-0.05, 0) is 48.1 Å². The molecule has 2 radical (unpaired) electrons. The number of benzene rings is 2. The van der Waals surface area contributed by atoms with E-state index in [1.165, 1.54) is 6.07 Å². The molecule has 8 heteroatoms. The van der Waals surface area contributed by atoms with Crippen LogP contribution >= 0.6 is 11.3 Å². The van der Waals surface area contributed by atoms with Crippen molar-refractivity contribution in [1.29, 1.82) is 0 Å². The van der Waals surface area contributed by atoms with Gasteiger partial charge < -0.3 is 9.64 Å². The second-order valence-corrected chi connectivity index (χ2v) is 8.03. The SMILES string of the molecule is [B]CC(=O)N1CCc2cc(OCc3cc(-c4ccccc4)c(C(F)(F)F)s3)ccc21. The van der Waals surface area contributed by atoms with E-state index in [-0.39, 0.29) is 24.4 Å². The van der Waals surface area contributed by atoms with E-state index in [2.05, 4.69) is 0 Å². The molecule has 3 aromatic rings. The smallest absolute Gasteiger partial charge is 0.426 e. The quantitative estimate of drug-likeness (QED) is 0.504. The highest BCUT2D eigenvalue weighted by Crippen LogP contribution is 2.43. The van der Waals surface area contributed by atoms with Crippen LogP contribution in [0.4, 0.5) is 18.9 Å². The van der Waals surface area contributed by atoms with Crippen LogP contribution in [-0.4, -0.2) is 20.3 Å². The Labute approximate surface area is 177 Å². The Bertz CT molecular complexity index is 1070. The molecule has 30 heavy (non-hydrogen) atoms. The summed E-state index contributed by atoms with van der Waals surface area (Å²) in [5.41, 5.74) is 2.45. The van der Waals surface area contributed by atoms with Crippen molar-refractivity contribution < 1.29 is 22.7 Å². The van der Waals surface area contributed by atoms with Crippen LogP contribution in [0.1, 0.15) is 15.3 Å². The molecule has 1 aliphatic heterocycles. The van der Waals surface area contributed by atoms with E-state index in [0.29, 0.717) is 40.5 Å². The Morgan fingerprint density at radius 2 is 1.90 bits per heavy atom. The monoisotopic (exact) mass is 427 g/mol. The van der Waals surface area contributed by atoms with Gasteiger partial charge in [0.25, 0.3) is 0 Å². The number of ether oxygens (including phenoxy) is 1. The maximum atomic E-state index is 13.5. The van der Waals surface area contributed by atoms with Crippen molar-refractivity contribution in [2.75, 3.05) is 11.4 Å². The molecule has 1 aliphatic rings. The number of rotatable bonds is 5. The number of nitrogens with zero attached hydrogens (tertiary/aromatic N) is 1. The number of carbonyl (C=O) groups is 1. The van der Waals surface area contributed by atoms with E-state index in [9.17, 15) is 18.0 Å². The van der Waals surface area contributed by atoms with Gasteiger partial charge in [-0.25, -0.2) is 0 Å². The number of hydrogen-bond donors (Lipinski definition) is 0. The second kappa shape index (κ2) is 8.18. The van der Waals surface area contributed by atoms with E-state index in [1.54, 1.807) is 47.4 Å². The van der Waals surface area contributed by atoms with E-state index in [4.69, 9.17) is 12.6 Å². The standard InChI is InChI=1S/C22H17BF3NO2S/c23-12-20(28)27-9-8-15-10-16(6-7-19(15)27)29-13-17-11-18(14-4-2-1-3-5-14)21(30-17)22(24,25)26/h1-7,10-11H,8-9,12-13H2. The molecule has 0 saturated carbocycles. The van der Waals surface area contributed by atoms with E-state index >= 15 is 0 Å². The Kier molecular flexibility index (Phi) is 5.60. The van der Waals surface area contributed by atoms with Gasteiger partial charge in [-0.15, -0.1) is 11.3 Å². The third kappa shape index (κ3) is 4.10. The zero-order valence-corrected chi connectivity index (χ0v) is 16.7. The van der Waals surface area contributed by atoms with Crippen LogP contribution in [0.5, 0.6) is 5.75 Å². The Morgan fingerprint density at radius 1 is 1.13 bits per heavy atom. The predicted molar refractivity (Wildman–Crippen MR) is 112 cm³/mol. The number of alkyl halides is 3. The van der Waals surface area contributed by atoms with Crippen LogP contribution in [-0.2, 0) is 24.0 Å². The highest BCUT2D eigenvalue weighted by molar-refractivity contribution is 7.12. The second-order valence-electron chi connectivity index (χ2n) is 6.90. The summed E-state index contributed by atoms with van der Waals surface area (Å²) in [6, 6.07) is 15.4. The lowest BCUT2D eigenvalue weighted by Crippen LogP contribution is -2.28. The molecular weight excluding hydrogens is 410 g/mol. The average molecular weight is 427 g/mol. The molecule has 152 valence electrons. The summed E-state index contributed by atoms with van der Waals surface area (Å²) in [5, 5.41) is 0. The van der Waals surface area contributed by atoms with Gasteiger partial charge in [-0.3, -0.25) is 4.79 Å². The molecule has 2 aromatic carbocycles. The maximum Gasteiger partial charge on any atom is 0.426 e. The molecule has 0 N–H and O–H groups in total.